The van der Waals surface area contributed by atoms with Gasteiger partial charge in [0, 0.05) is 23.8 Å². The van der Waals surface area contributed by atoms with E-state index in [2.05, 4.69) is 20.3 Å². The van der Waals surface area contributed by atoms with Crippen LogP contribution in [0.4, 0.5) is 5.82 Å². The van der Waals surface area contributed by atoms with Gasteiger partial charge in [-0.25, -0.2) is 9.78 Å². The Balaban J connectivity index is 1.76. The summed E-state index contributed by atoms with van der Waals surface area (Å²) in [5.41, 5.74) is 2.89. The molecule has 0 fully saturated rings. The minimum atomic E-state index is -0.619. The van der Waals surface area contributed by atoms with Crippen molar-refractivity contribution in [3.8, 4) is 0 Å². The van der Waals surface area contributed by atoms with Crippen LogP contribution in [0.25, 0.3) is 0 Å². The van der Waals surface area contributed by atoms with Crippen molar-refractivity contribution in [1.29, 1.82) is 0 Å². The molecule has 2 aromatic heterocycles. The fraction of sp³-hybridized carbons (Fsp3) is 0.182. The molecule has 0 amide bonds. The second-order valence-electron chi connectivity index (χ2n) is 6.78. The van der Waals surface area contributed by atoms with Crippen LogP contribution >= 0.6 is 11.8 Å². The average molecular weight is 420 g/mol. The van der Waals surface area contributed by atoms with Gasteiger partial charge >= 0.3 is 5.97 Å². The molecule has 0 saturated heterocycles. The maximum atomic E-state index is 13.1. The molecule has 0 bridgehead atoms. The van der Waals surface area contributed by atoms with Gasteiger partial charge in [-0.3, -0.25) is 9.78 Å². The first-order chi connectivity index (χ1) is 14.6. The number of benzene rings is 1. The third kappa shape index (κ3) is 3.86. The molecule has 3 aromatic rings. The monoisotopic (exact) mass is 420 g/mol. The molecule has 0 saturated carbocycles. The van der Waals surface area contributed by atoms with Gasteiger partial charge in [0.25, 0.3) is 5.56 Å². The quantitative estimate of drug-likeness (QED) is 0.371. The Labute approximate surface area is 177 Å². The summed E-state index contributed by atoms with van der Waals surface area (Å²) >= 11 is 1.44. The molecule has 7 nitrogen and oxygen atoms in total. The van der Waals surface area contributed by atoms with Gasteiger partial charge in [0.1, 0.15) is 5.82 Å². The van der Waals surface area contributed by atoms with Crippen LogP contribution in [0.3, 0.4) is 0 Å². The maximum absolute atomic E-state index is 13.1. The van der Waals surface area contributed by atoms with Crippen LogP contribution in [0, 0.1) is 0 Å². The molecule has 0 radical (unpaired) electrons. The molecule has 0 unspecified atom stereocenters. The summed E-state index contributed by atoms with van der Waals surface area (Å²) in [7, 11) is 1.32. The molecule has 30 heavy (non-hydrogen) atoms. The number of hydrogen-bond acceptors (Lipinski definition) is 7. The fourth-order valence-electron chi connectivity index (χ4n) is 3.49. The number of aromatic amines is 1. The van der Waals surface area contributed by atoms with Crippen molar-refractivity contribution in [3.63, 3.8) is 0 Å². The first-order valence-electron chi connectivity index (χ1n) is 9.35. The molecule has 4 rings (SSSR count). The lowest BCUT2D eigenvalue weighted by molar-refractivity contribution is -0.136. The summed E-state index contributed by atoms with van der Waals surface area (Å²) in [4.78, 5) is 37.3. The van der Waals surface area contributed by atoms with Crippen LogP contribution in [-0.4, -0.2) is 28.0 Å². The van der Waals surface area contributed by atoms with E-state index in [1.54, 1.807) is 25.4 Å². The van der Waals surface area contributed by atoms with E-state index in [4.69, 9.17) is 4.74 Å². The second-order valence-corrected chi connectivity index (χ2v) is 7.75. The zero-order valence-corrected chi connectivity index (χ0v) is 17.3. The zero-order chi connectivity index (χ0) is 21.1. The van der Waals surface area contributed by atoms with Crippen molar-refractivity contribution in [2.24, 2.45) is 0 Å². The Kier molecular flexibility index (Phi) is 5.67. The Hall–Kier alpha value is -3.39. The minimum absolute atomic E-state index is 0.300. The number of pyridine rings is 1. The van der Waals surface area contributed by atoms with Crippen LogP contribution in [0.15, 0.2) is 76.1 Å². The molecule has 3 heterocycles. The van der Waals surface area contributed by atoms with Crippen molar-refractivity contribution < 1.29 is 9.53 Å². The van der Waals surface area contributed by atoms with Gasteiger partial charge in [-0.1, -0.05) is 48.2 Å². The Morgan fingerprint density at radius 1 is 1.20 bits per heavy atom. The number of thioether (sulfide) groups is 1. The highest BCUT2D eigenvalue weighted by Crippen LogP contribution is 2.39. The SMILES string of the molecule is COC(=O)C1=C(C)Nc2nc(SCc3ccccc3)[nH]c(=O)c2[C@H]1c1cccnc1. The van der Waals surface area contributed by atoms with E-state index >= 15 is 0 Å². The van der Waals surface area contributed by atoms with Gasteiger partial charge in [0.05, 0.1) is 24.2 Å². The Bertz CT molecular complexity index is 1160. The average Bonchev–Trinajstić information content (AvgIpc) is 2.77. The summed E-state index contributed by atoms with van der Waals surface area (Å²) in [5, 5.41) is 3.63. The second kappa shape index (κ2) is 8.54. The van der Waals surface area contributed by atoms with E-state index < -0.39 is 11.9 Å². The number of allylic oxidation sites excluding steroid dienone is 1. The number of nitrogens with one attached hydrogen (secondary N) is 2. The summed E-state index contributed by atoms with van der Waals surface area (Å²) in [6, 6.07) is 13.6. The van der Waals surface area contributed by atoms with E-state index in [9.17, 15) is 9.59 Å². The van der Waals surface area contributed by atoms with Gasteiger partial charge in [-0.15, -0.1) is 0 Å². The highest BCUT2D eigenvalue weighted by Gasteiger charge is 2.36. The molecule has 1 aromatic carbocycles. The third-order valence-electron chi connectivity index (χ3n) is 4.86. The molecule has 0 spiro atoms. The van der Waals surface area contributed by atoms with E-state index in [1.165, 1.54) is 18.9 Å². The van der Waals surface area contributed by atoms with E-state index in [1.807, 2.05) is 36.4 Å². The first-order valence-corrected chi connectivity index (χ1v) is 10.3. The van der Waals surface area contributed by atoms with Gasteiger partial charge in [0.15, 0.2) is 5.16 Å². The summed E-state index contributed by atoms with van der Waals surface area (Å²) in [6.07, 6.45) is 3.29. The largest absolute Gasteiger partial charge is 0.466 e. The summed E-state index contributed by atoms with van der Waals surface area (Å²) < 4.78 is 4.98. The number of hydrogen-bond donors (Lipinski definition) is 2. The Morgan fingerprint density at radius 3 is 2.70 bits per heavy atom. The lowest BCUT2D eigenvalue weighted by Crippen LogP contribution is -2.31. The van der Waals surface area contributed by atoms with Crippen LogP contribution < -0.4 is 10.9 Å². The van der Waals surface area contributed by atoms with Crippen LogP contribution in [0.5, 0.6) is 0 Å². The zero-order valence-electron chi connectivity index (χ0n) is 16.5. The molecule has 0 aliphatic carbocycles. The van der Waals surface area contributed by atoms with Gasteiger partial charge in [0.2, 0.25) is 0 Å². The smallest absolute Gasteiger partial charge is 0.336 e. The van der Waals surface area contributed by atoms with Gasteiger partial charge in [-0.2, -0.15) is 0 Å². The first kappa shape index (κ1) is 19.9. The van der Waals surface area contributed by atoms with Crippen LogP contribution in [-0.2, 0) is 15.3 Å². The third-order valence-corrected chi connectivity index (χ3v) is 5.81. The number of rotatable bonds is 5. The number of nitrogens with zero attached hydrogens (tertiary/aromatic N) is 2. The number of esters is 1. The topological polar surface area (TPSA) is 97.0 Å². The molecule has 1 aliphatic rings. The predicted octanol–water partition coefficient (Wildman–Crippen LogP) is 3.46. The number of ether oxygens (including phenoxy) is 1. The lowest BCUT2D eigenvalue weighted by atomic mass is 9.83. The van der Waals surface area contributed by atoms with Crippen LogP contribution in [0.1, 0.15) is 29.5 Å². The predicted molar refractivity (Wildman–Crippen MR) is 115 cm³/mol. The highest BCUT2D eigenvalue weighted by molar-refractivity contribution is 7.98. The minimum Gasteiger partial charge on any atom is -0.466 e. The Morgan fingerprint density at radius 2 is 2.00 bits per heavy atom. The normalized spacial score (nSPS) is 15.3. The standard InChI is InChI=1S/C22H20N4O3S/c1-13-16(21(28)29-2)17(15-9-6-10-23-11-15)18-19(24-13)25-22(26-20(18)27)30-12-14-7-4-3-5-8-14/h3-11,17H,12H2,1-2H3,(H2,24,25,26,27)/t17-/m0/s1. The van der Waals surface area contributed by atoms with Gasteiger partial charge in [-0.05, 0) is 24.1 Å². The molecule has 2 N–H and O–H groups in total. The number of aromatic nitrogens is 3. The molecule has 152 valence electrons. The van der Waals surface area contributed by atoms with E-state index in [-0.39, 0.29) is 5.56 Å². The van der Waals surface area contributed by atoms with Crippen molar-refractivity contribution in [2.45, 2.75) is 23.8 Å². The number of methoxy groups -OCH3 is 1. The highest BCUT2D eigenvalue weighted by atomic mass is 32.2. The lowest BCUT2D eigenvalue weighted by Gasteiger charge is -2.28. The van der Waals surface area contributed by atoms with Crippen molar-refractivity contribution in [3.05, 3.63) is 93.2 Å². The van der Waals surface area contributed by atoms with E-state index in [0.29, 0.717) is 33.6 Å². The van der Waals surface area contributed by atoms with Crippen LogP contribution in [0.2, 0.25) is 0 Å². The number of anilines is 1. The molecular formula is C22H20N4O3S. The molecule has 1 aliphatic heterocycles. The number of fused-ring (bicyclic) bond motifs is 1. The number of carbonyl (C=O) groups is 1. The number of carbonyl (C=O) groups excluding carboxylic acids is 1. The van der Waals surface area contributed by atoms with E-state index in [0.717, 1.165) is 11.1 Å². The molecule has 8 heteroatoms. The number of H-pyrrole nitrogens is 1. The van der Waals surface area contributed by atoms with Crippen molar-refractivity contribution in [2.75, 3.05) is 12.4 Å². The van der Waals surface area contributed by atoms with Crippen molar-refractivity contribution in [1.82, 2.24) is 15.0 Å². The maximum Gasteiger partial charge on any atom is 0.336 e. The summed E-state index contributed by atoms with van der Waals surface area (Å²) in [5.74, 6) is -0.00169. The van der Waals surface area contributed by atoms with Gasteiger partial charge < -0.3 is 15.0 Å². The summed E-state index contributed by atoms with van der Waals surface area (Å²) in [6.45, 7) is 1.78. The fourth-order valence-corrected chi connectivity index (χ4v) is 4.30. The molecular weight excluding hydrogens is 400 g/mol. The molecule has 1 atom stereocenters. The van der Waals surface area contributed by atoms with Crippen molar-refractivity contribution >= 4 is 23.5 Å².